The van der Waals surface area contributed by atoms with Crippen molar-refractivity contribution < 1.29 is 29.0 Å². The van der Waals surface area contributed by atoms with Gasteiger partial charge in [-0.25, -0.2) is 0 Å². The van der Waals surface area contributed by atoms with Gasteiger partial charge in [-0.3, -0.25) is 34.3 Å². The second kappa shape index (κ2) is 15.0. The first-order chi connectivity index (χ1) is 27.4. The molecule has 4 aliphatic rings. The summed E-state index contributed by atoms with van der Waals surface area (Å²) in [6.45, 7) is 4.17. The third-order valence-electron chi connectivity index (χ3n) is 10.7. The Morgan fingerprint density at radius 1 is 0.714 bits per heavy atom. The lowest BCUT2D eigenvalue weighted by atomic mass is 9.98. The highest BCUT2D eigenvalue weighted by molar-refractivity contribution is 6.03. The minimum Gasteiger partial charge on any atom is -0.485 e. The molecule has 56 heavy (non-hydrogen) atoms. The van der Waals surface area contributed by atoms with Gasteiger partial charge in [0.25, 0.3) is 11.8 Å². The third kappa shape index (κ3) is 6.97. The van der Waals surface area contributed by atoms with Gasteiger partial charge in [-0.05, 0) is 36.4 Å². The quantitative estimate of drug-likeness (QED) is 0.203. The summed E-state index contributed by atoms with van der Waals surface area (Å²) in [6, 6.07) is 27.8. The summed E-state index contributed by atoms with van der Waals surface area (Å²) >= 11 is 0. The number of rotatable bonds is 10. The zero-order valence-electron chi connectivity index (χ0n) is 30.6. The molecule has 0 unspecified atom stereocenters. The lowest BCUT2D eigenvalue weighted by molar-refractivity contribution is -0.142. The molecular formula is C43H39N7O6. The second-order valence-electron chi connectivity index (χ2n) is 14.4. The van der Waals surface area contributed by atoms with Crippen LogP contribution in [0.2, 0.25) is 0 Å². The molecule has 2 aromatic carbocycles. The minimum atomic E-state index is -0.789. The molecule has 1 N–H and O–H groups in total. The number of pyridine rings is 4. The molecule has 0 saturated carbocycles. The molecular weight excluding hydrogens is 711 g/mol. The van der Waals surface area contributed by atoms with Crippen molar-refractivity contribution in [1.82, 2.24) is 29.7 Å². The Morgan fingerprint density at radius 3 is 1.84 bits per heavy atom. The van der Waals surface area contributed by atoms with Crippen LogP contribution in [-0.4, -0.2) is 98.1 Å². The van der Waals surface area contributed by atoms with Crippen molar-refractivity contribution in [1.29, 1.82) is 0 Å². The number of carbonyl (C=O) groups excluding carboxylic acids is 2. The number of carboxylic acids is 1. The normalized spacial score (nSPS) is 16.3. The smallest absolute Gasteiger partial charge is 0.310 e. The first kappa shape index (κ1) is 35.2. The number of hydrogen-bond donors (Lipinski definition) is 1. The Kier molecular flexibility index (Phi) is 9.43. The van der Waals surface area contributed by atoms with Crippen molar-refractivity contribution in [2.45, 2.75) is 32.0 Å². The van der Waals surface area contributed by atoms with Crippen LogP contribution in [0.1, 0.15) is 43.5 Å². The van der Waals surface area contributed by atoms with Crippen LogP contribution in [0.4, 0.5) is 5.69 Å². The van der Waals surface area contributed by atoms with Gasteiger partial charge in [-0.2, -0.15) is 0 Å². The molecule has 2 saturated heterocycles. The maximum atomic E-state index is 13.0. The third-order valence-corrected chi connectivity index (χ3v) is 10.7. The fourth-order valence-corrected chi connectivity index (χ4v) is 7.51. The van der Waals surface area contributed by atoms with Crippen LogP contribution in [0, 0.1) is 5.92 Å². The lowest BCUT2D eigenvalue weighted by Gasteiger charge is -2.39. The molecule has 0 spiro atoms. The summed E-state index contributed by atoms with van der Waals surface area (Å²) in [4.78, 5) is 60.7. The van der Waals surface area contributed by atoms with E-state index in [4.69, 9.17) is 19.6 Å². The van der Waals surface area contributed by atoms with Crippen LogP contribution in [0.25, 0.3) is 21.8 Å². The van der Waals surface area contributed by atoms with Crippen LogP contribution in [0.5, 0.6) is 5.75 Å². The molecule has 0 radical (unpaired) electrons. The molecule has 10 rings (SSSR count). The largest absolute Gasteiger partial charge is 0.485 e. The molecule has 2 fully saturated rings. The summed E-state index contributed by atoms with van der Waals surface area (Å²) in [6.07, 6.45) is 4.81. The molecule has 0 aliphatic carbocycles. The predicted octanol–water partition coefficient (Wildman–Crippen LogP) is 4.96. The van der Waals surface area contributed by atoms with Crippen molar-refractivity contribution in [3.63, 3.8) is 0 Å². The first-order valence-electron chi connectivity index (χ1n) is 18.8. The number of ether oxygens (including phenoxy) is 2. The number of aromatic nitrogens is 4. The van der Waals surface area contributed by atoms with E-state index in [-0.39, 0.29) is 23.8 Å². The minimum absolute atomic E-state index is 0.0193. The fraction of sp³-hybridized carbons (Fsp3) is 0.279. The van der Waals surface area contributed by atoms with E-state index in [9.17, 15) is 14.4 Å². The van der Waals surface area contributed by atoms with E-state index in [1.54, 1.807) is 23.4 Å². The number of amides is 2. The zero-order valence-corrected chi connectivity index (χ0v) is 30.6. The molecule has 0 atom stereocenters. The molecule has 0 bridgehead atoms. The SMILES string of the molecule is O=C(O)C1CN(c2ccnc3c2C(=O)N(CCc2ccc4ccccc4n2)C3)C1.O=C1c2c(OC3COC3)ccnc2CN1CCc1ccc2ccccc2n1. The fourth-order valence-electron chi connectivity index (χ4n) is 7.51. The molecule has 8 heterocycles. The first-order valence-corrected chi connectivity index (χ1v) is 18.8. The van der Waals surface area contributed by atoms with E-state index >= 15 is 0 Å². The molecule has 4 aliphatic heterocycles. The molecule has 282 valence electrons. The average Bonchev–Trinajstić information content (AvgIpc) is 3.69. The van der Waals surface area contributed by atoms with Gasteiger partial charge in [0.15, 0.2) is 0 Å². The van der Waals surface area contributed by atoms with E-state index < -0.39 is 5.97 Å². The van der Waals surface area contributed by atoms with Crippen LogP contribution in [0.3, 0.4) is 0 Å². The van der Waals surface area contributed by atoms with E-state index in [1.807, 2.05) is 76.5 Å². The Balaban J connectivity index is 0.000000147. The zero-order chi connectivity index (χ0) is 38.2. The van der Waals surface area contributed by atoms with Crippen LogP contribution in [-0.2, 0) is 35.5 Å². The molecule has 4 aromatic heterocycles. The summed E-state index contributed by atoms with van der Waals surface area (Å²) in [7, 11) is 0. The summed E-state index contributed by atoms with van der Waals surface area (Å²) in [5.41, 5.74) is 7.41. The van der Waals surface area contributed by atoms with Gasteiger partial charge in [0.1, 0.15) is 17.4 Å². The Labute approximate surface area is 322 Å². The molecule has 2 amide bonds. The number of para-hydroxylation sites is 2. The van der Waals surface area contributed by atoms with Gasteiger partial charge < -0.3 is 29.3 Å². The van der Waals surface area contributed by atoms with Crippen LogP contribution in [0.15, 0.2) is 97.3 Å². The highest BCUT2D eigenvalue weighted by Gasteiger charge is 2.38. The lowest BCUT2D eigenvalue weighted by Crippen LogP contribution is -2.51. The van der Waals surface area contributed by atoms with Crippen molar-refractivity contribution in [2.24, 2.45) is 5.92 Å². The number of hydrogen-bond acceptors (Lipinski definition) is 10. The van der Waals surface area contributed by atoms with Crippen molar-refractivity contribution >= 4 is 45.3 Å². The van der Waals surface area contributed by atoms with Crippen molar-refractivity contribution in [3.05, 3.63) is 131 Å². The van der Waals surface area contributed by atoms with Gasteiger partial charge in [-0.15, -0.1) is 0 Å². The number of carboxylic acid groups (broad SMARTS) is 1. The van der Waals surface area contributed by atoms with E-state index in [0.29, 0.717) is 82.2 Å². The van der Waals surface area contributed by atoms with Gasteiger partial charge in [0, 0.05) is 73.6 Å². The van der Waals surface area contributed by atoms with Crippen LogP contribution < -0.4 is 9.64 Å². The number of benzene rings is 2. The Bertz CT molecular complexity index is 2480. The van der Waals surface area contributed by atoms with E-state index in [1.165, 1.54) is 0 Å². The van der Waals surface area contributed by atoms with Crippen molar-refractivity contribution in [3.8, 4) is 5.75 Å². The average molecular weight is 750 g/mol. The topological polar surface area (TPSA) is 151 Å². The summed E-state index contributed by atoms with van der Waals surface area (Å²) in [5, 5.41) is 11.3. The summed E-state index contributed by atoms with van der Waals surface area (Å²) < 4.78 is 11.0. The highest BCUT2D eigenvalue weighted by Crippen LogP contribution is 2.34. The maximum Gasteiger partial charge on any atom is 0.310 e. The number of nitrogens with zero attached hydrogens (tertiary/aromatic N) is 7. The van der Waals surface area contributed by atoms with Crippen molar-refractivity contribution in [2.75, 3.05) is 44.3 Å². The predicted molar refractivity (Wildman–Crippen MR) is 207 cm³/mol. The molecule has 6 aromatic rings. The number of fused-ring (bicyclic) bond motifs is 4. The van der Waals surface area contributed by atoms with Gasteiger partial charge in [-0.1, -0.05) is 48.5 Å². The van der Waals surface area contributed by atoms with Gasteiger partial charge >= 0.3 is 5.97 Å². The molecule has 13 heteroatoms. The van der Waals surface area contributed by atoms with Crippen LogP contribution >= 0.6 is 0 Å². The molecule has 13 nitrogen and oxygen atoms in total. The number of aliphatic carboxylic acids is 1. The van der Waals surface area contributed by atoms with E-state index in [2.05, 4.69) is 27.1 Å². The standard InChI is InChI=1S/C22H20N4O3.C21H19N3O3/c27-21-20-18(23-9-7-19(20)26-11-15(12-26)22(28)29)13-25(21)10-8-16-6-5-14-3-1-2-4-17(14)24-16;25-21-20-18(22-9-7-19(20)27-16-12-26-13-16)11-24(21)10-8-15-6-5-14-3-1-2-4-17(14)23-15/h1-7,9,15H,8,10-13H2,(H,28,29);1-7,9,16H,8,10-13H2. The van der Waals surface area contributed by atoms with E-state index in [0.717, 1.165) is 50.3 Å². The van der Waals surface area contributed by atoms with Gasteiger partial charge in [0.05, 0.1) is 65.9 Å². The maximum absolute atomic E-state index is 13.0. The van der Waals surface area contributed by atoms with Gasteiger partial charge in [0.2, 0.25) is 0 Å². The summed E-state index contributed by atoms with van der Waals surface area (Å²) in [5.74, 6) is -0.602. The Hall–Kier alpha value is -6.47. The second-order valence-corrected chi connectivity index (χ2v) is 14.4. The highest BCUT2D eigenvalue weighted by atomic mass is 16.6. The number of carbonyl (C=O) groups is 3. The monoisotopic (exact) mass is 749 g/mol. The number of anilines is 1. The Morgan fingerprint density at radius 2 is 1.27 bits per heavy atom.